The first-order valence-electron chi connectivity index (χ1n) is 10.6. The van der Waals surface area contributed by atoms with Crippen molar-refractivity contribution >= 4 is 23.4 Å². The molecule has 31 heavy (non-hydrogen) atoms. The number of nitrogens with one attached hydrogen (secondary N) is 1. The molecule has 0 aliphatic heterocycles. The van der Waals surface area contributed by atoms with Gasteiger partial charge in [0.15, 0.2) is 6.61 Å². The lowest BCUT2D eigenvalue weighted by atomic mass is 10.1. The Morgan fingerprint density at radius 3 is 2.42 bits per heavy atom. The maximum atomic E-state index is 13.2. The van der Waals surface area contributed by atoms with Gasteiger partial charge in [0.2, 0.25) is 5.91 Å². The molecule has 5 nitrogen and oxygen atoms in total. The summed E-state index contributed by atoms with van der Waals surface area (Å²) in [7, 11) is 0. The number of carbonyl (C=O) groups excluding carboxylic acids is 2. The van der Waals surface area contributed by atoms with E-state index in [-0.39, 0.29) is 25.0 Å². The van der Waals surface area contributed by atoms with Crippen LogP contribution in [0.25, 0.3) is 0 Å². The Hall–Kier alpha value is -2.53. The van der Waals surface area contributed by atoms with Crippen LogP contribution in [0.2, 0.25) is 5.02 Å². The monoisotopic (exact) mass is 444 g/mol. The van der Waals surface area contributed by atoms with Gasteiger partial charge in [-0.3, -0.25) is 9.59 Å². The van der Waals surface area contributed by atoms with Crippen LogP contribution in [0.1, 0.15) is 43.0 Å². The van der Waals surface area contributed by atoms with Crippen molar-refractivity contribution < 1.29 is 14.3 Å². The van der Waals surface area contributed by atoms with E-state index in [2.05, 4.69) is 11.4 Å². The zero-order chi connectivity index (χ0) is 23.1. The largest absolute Gasteiger partial charge is 0.483 e. The summed E-state index contributed by atoms with van der Waals surface area (Å²) >= 11 is 6.32. The molecular formula is C25H33ClN2O3. The highest BCUT2D eigenvalue weighted by atomic mass is 35.5. The van der Waals surface area contributed by atoms with Crippen LogP contribution in [0.4, 0.5) is 0 Å². The predicted molar refractivity (Wildman–Crippen MR) is 125 cm³/mol. The van der Waals surface area contributed by atoms with Crippen LogP contribution in [-0.4, -0.2) is 35.9 Å². The Kier molecular flexibility index (Phi) is 8.93. The van der Waals surface area contributed by atoms with Crippen molar-refractivity contribution in [1.82, 2.24) is 10.2 Å². The van der Waals surface area contributed by atoms with Gasteiger partial charge < -0.3 is 15.0 Å². The van der Waals surface area contributed by atoms with Gasteiger partial charge in [0.05, 0.1) is 0 Å². The van der Waals surface area contributed by atoms with Crippen molar-refractivity contribution in [2.75, 3.05) is 13.2 Å². The molecule has 1 atom stereocenters. The number of carbonyl (C=O) groups is 2. The molecule has 2 rings (SSSR count). The van der Waals surface area contributed by atoms with Gasteiger partial charge in [-0.25, -0.2) is 0 Å². The molecule has 1 N–H and O–H groups in total. The average molecular weight is 445 g/mol. The topological polar surface area (TPSA) is 58.6 Å². The van der Waals surface area contributed by atoms with Gasteiger partial charge in [-0.15, -0.1) is 0 Å². The summed E-state index contributed by atoms with van der Waals surface area (Å²) in [5.74, 6) is 0.530. The number of ether oxygens (including phenoxy) is 1. The molecule has 0 saturated heterocycles. The molecule has 0 spiro atoms. The fraction of sp³-hybridized carbons (Fsp3) is 0.440. The molecule has 0 aromatic heterocycles. The van der Waals surface area contributed by atoms with Crippen molar-refractivity contribution in [2.24, 2.45) is 5.92 Å². The maximum absolute atomic E-state index is 13.2. The molecule has 2 amide bonds. The summed E-state index contributed by atoms with van der Waals surface area (Å²) in [6.07, 6.45) is 0. The minimum absolute atomic E-state index is 0.157. The quantitative estimate of drug-likeness (QED) is 0.602. The first-order chi connectivity index (χ1) is 14.6. The number of aryl methyl sites for hydroxylation is 2. The van der Waals surface area contributed by atoms with E-state index in [1.54, 1.807) is 13.0 Å². The highest BCUT2D eigenvalue weighted by Gasteiger charge is 2.27. The summed E-state index contributed by atoms with van der Waals surface area (Å²) in [4.78, 5) is 27.4. The van der Waals surface area contributed by atoms with E-state index in [1.807, 2.05) is 58.9 Å². The molecule has 0 radical (unpaired) electrons. The molecule has 0 aliphatic carbocycles. The van der Waals surface area contributed by atoms with E-state index >= 15 is 0 Å². The fourth-order valence-electron chi connectivity index (χ4n) is 3.22. The molecule has 2 aromatic rings. The van der Waals surface area contributed by atoms with Crippen molar-refractivity contribution in [3.8, 4) is 5.75 Å². The summed E-state index contributed by atoms with van der Waals surface area (Å²) in [5.41, 5.74) is 3.96. The number of nitrogens with zero attached hydrogens (tertiary/aromatic N) is 1. The molecule has 0 aliphatic rings. The predicted octanol–water partition coefficient (Wildman–Crippen LogP) is 4.83. The van der Waals surface area contributed by atoms with E-state index in [0.717, 1.165) is 22.3 Å². The van der Waals surface area contributed by atoms with E-state index in [4.69, 9.17) is 16.3 Å². The van der Waals surface area contributed by atoms with Gasteiger partial charge in [0.25, 0.3) is 5.91 Å². The smallest absolute Gasteiger partial charge is 0.261 e. The van der Waals surface area contributed by atoms with Crippen molar-refractivity contribution in [1.29, 1.82) is 0 Å². The van der Waals surface area contributed by atoms with Crippen LogP contribution in [-0.2, 0) is 16.1 Å². The van der Waals surface area contributed by atoms with Gasteiger partial charge in [-0.05, 0) is 68.0 Å². The molecule has 0 bridgehead atoms. The van der Waals surface area contributed by atoms with Crippen molar-refractivity contribution in [3.05, 3.63) is 63.7 Å². The third-order valence-corrected chi connectivity index (χ3v) is 5.63. The molecule has 6 heteroatoms. The van der Waals surface area contributed by atoms with Gasteiger partial charge >= 0.3 is 0 Å². The second-order valence-corrected chi connectivity index (χ2v) is 8.83. The second kappa shape index (κ2) is 11.2. The maximum Gasteiger partial charge on any atom is 0.261 e. The first kappa shape index (κ1) is 24.7. The number of benzene rings is 2. The lowest BCUT2D eigenvalue weighted by Crippen LogP contribution is -2.49. The van der Waals surface area contributed by atoms with Crippen LogP contribution in [0.5, 0.6) is 5.75 Å². The number of amides is 2. The normalized spacial score (nSPS) is 11.9. The summed E-state index contributed by atoms with van der Waals surface area (Å²) in [5, 5.41) is 3.47. The Balaban J connectivity index is 2.21. The molecule has 0 heterocycles. The molecule has 168 valence electrons. The third kappa shape index (κ3) is 7.00. The number of halogens is 1. The number of hydrogen-bond donors (Lipinski definition) is 1. The summed E-state index contributed by atoms with van der Waals surface area (Å²) in [6, 6.07) is 10.7. The van der Waals surface area contributed by atoms with E-state index in [1.165, 1.54) is 4.90 Å². The zero-order valence-corrected chi connectivity index (χ0v) is 20.0. The van der Waals surface area contributed by atoms with Crippen LogP contribution in [0.15, 0.2) is 36.4 Å². The summed E-state index contributed by atoms with van der Waals surface area (Å²) < 4.78 is 5.88. The molecular weight excluding hydrogens is 412 g/mol. The van der Waals surface area contributed by atoms with E-state index in [0.29, 0.717) is 23.2 Å². The molecule has 0 unspecified atom stereocenters. The number of rotatable bonds is 9. The lowest BCUT2D eigenvalue weighted by Gasteiger charge is -2.29. The highest BCUT2D eigenvalue weighted by molar-refractivity contribution is 6.31. The van der Waals surface area contributed by atoms with E-state index in [9.17, 15) is 9.59 Å². The third-order valence-electron chi connectivity index (χ3n) is 5.27. The Morgan fingerprint density at radius 2 is 1.77 bits per heavy atom. The first-order valence-corrected chi connectivity index (χ1v) is 11.0. The van der Waals surface area contributed by atoms with Gasteiger partial charge in [0.1, 0.15) is 11.8 Å². The highest BCUT2D eigenvalue weighted by Crippen LogP contribution is 2.24. The fourth-order valence-corrected chi connectivity index (χ4v) is 3.41. The Morgan fingerprint density at radius 1 is 1.10 bits per heavy atom. The second-order valence-electron chi connectivity index (χ2n) is 8.42. The standard InChI is InChI=1S/C25H33ClN2O3/c1-16(2)13-27-25(30)20(6)28(14-21-9-7-8-10-22(21)26)24(29)15-31-23-12-17(3)11-18(4)19(23)5/h7-12,16,20H,13-15H2,1-6H3,(H,27,30)/t20-/m1/s1. The van der Waals surface area contributed by atoms with Gasteiger partial charge in [-0.2, -0.15) is 0 Å². The number of hydrogen-bond acceptors (Lipinski definition) is 3. The minimum Gasteiger partial charge on any atom is -0.483 e. The lowest BCUT2D eigenvalue weighted by molar-refractivity contribution is -0.142. The minimum atomic E-state index is -0.661. The van der Waals surface area contributed by atoms with Crippen LogP contribution in [0.3, 0.4) is 0 Å². The van der Waals surface area contributed by atoms with Gasteiger partial charge in [0, 0.05) is 18.1 Å². The van der Waals surface area contributed by atoms with Gasteiger partial charge in [-0.1, -0.05) is 49.7 Å². The SMILES string of the molecule is Cc1cc(C)c(C)c(OCC(=O)N(Cc2ccccc2Cl)[C@H](C)C(=O)NCC(C)C)c1. The zero-order valence-electron chi connectivity index (χ0n) is 19.3. The molecule has 0 saturated carbocycles. The van der Waals surface area contributed by atoms with Crippen molar-refractivity contribution in [3.63, 3.8) is 0 Å². The molecule has 2 aromatic carbocycles. The Labute approximate surface area is 190 Å². The van der Waals surface area contributed by atoms with E-state index < -0.39 is 6.04 Å². The average Bonchev–Trinajstić information content (AvgIpc) is 2.72. The van der Waals surface area contributed by atoms with Crippen molar-refractivity contribution in [2.45, 2.75) is 54.1 Å². The van der Waals surface area contributed by atoms with Crippen LogP contribution >= 0.6 is 11.6 Å². The van der Waals surface area contributed by atoms with Crippen LogP contribution < -0.4 is 10.1 Å². The molecule has 0 fully saturated rings. The summed E-state index contributed by atoms with van der Waals surface area (Å²) in [6.45, 7) is 12.4. The van der Waals surface area contributed by atoms with Crippen LogP contribution in [0, 0.1) is 26.7 Å². The Bertz CT molecular complexity index is 927.